The summed E-state index contributed by atoms with van der Waals surface area (Å²) in [7, 11) is 1.93. The summed E-state index contributed by atoms with van der Waals surface area (Å²) in [5.41, 5.74) is 1.86. The number of aryl methyl sites for hydroxylation is 1. The molecule has 2 rings (SSSR count). The quantitative estimate of drug-likeness (QED) is 0.811. The van der Waals surface area contributed by atoms with Gasteiger partial charge in [-0.25, -0.2) is 4.98 Å². The zero-order valence-corrected chi connectivity index (χ0v) is 10.7. The van der Waals surface area contributed by atoms with E-state index in [2.05, 4.69) is 10.3 Å². The second kappa shape index (κ2) is 5.37. The Hall–Kier alpha value is -1.59. The molecule has 0 fully saturated rings. The number of hydrogen-bond acceptors (Lipinski definition) is 3. The van der Waals surface area contributed by atoms with Crippen LogP contribution in [0.25, 0.3) is 11.0 Å². The average Bonchev–Trinajstić information content (AvgIpc) is 2.61. The first kappa shape index (κ1) is 12.9. The minimum atomic E-state index is -0.806. The zero-order chi connectivity index (χ0) is 13.1. The topological polar surface area (TPSA) is 67.2 Å². The Morgan fingerprint density at radius 2 is 2.33 bits per heavy atom. The van der Waals surface area contributed by atoms with Gasteiger partial charge >= 0.3 is 5.97 Å². The fourth-order valence-electron chi connectivity index (χ4n) is 1.78. The molecule has 0 aliphatic rings. The molecule has 0 aliphatic carbocycles. The predicted molar refractivity (Wildman–Crippen MR) is 69.7 cm³/mol. The Labute approximate surface area is 109 Å². The standard InChI is InChI=1S/C12H14ClN3O2/c1-16-10-3-2-8(13)6-9(10)15-11(16)7-14-5-4-12(17)18/h2-3,6,14H,4-5,7H2,1H3,(H,17,18). The van der Waals surface area contributed by atoms with Crippen LogP contribution < -0.4 is 5.32 Å². The van der Waals surface area contributed by atoms with Gasteiger partial charge in [0.05, 0.1) is 24.0 Å². The SMILES string of the molecule is Cn1c(CNCCC(=O)O)nc2cc(Cl)ccc21. The number of carboxylic acid groups (broad SMARTS) is 1. The fourth-order valence-corrected chi connectivity index (χ4v) is 1.94. The first-order valence-electron chi connectivity index (χ1n) is 5.61. The number of rotatable bonds is 5. The number of aromatic nitrogens is 2. The number of benzene rings is 1. The molecular formula is C12H14ClN3O2. The van der Waals surface area contributed by atoms with Crippen molar-refractivity contribution in [2.24, 2.45) is 7.05 Å². The molecule has 1 aromatic carbocycles. The van der Waals surface area contributed by atoms with Crippen LogP contribution in [0, 0.1) is 0 Å². The van der Waals surface area contributed by atoms with Crippen LogP contribution >= 0.6 is 11.6 Å². The van der Waals surface area contributed by atoms with Gasteiger partial charge in [0.25, 0.3) is 0 Å². The second-order valence-electron chi connectivity index (χ2n) is 4.04. The van der Waals surface area contributed by atoms with Crippen molar-refractivity contribution < 1.29 is 9.90 Å². The monoisotopic (exact) mass is 267 g/mol. The maximum Gasteiger partial charge on any atom is 0.304 e. The van der Waals surface area contributed by atoms with Crippen LogP contribution in [0.1, 0.15) is 12.2 Å². The lowest BCUT2D eigenvalue weighted by Gasteiger charge is -2.03. The van der Waals surface area contributed by atoms with Crippen molar-refractivity contribution in [1.29, 1.82) is 0 Å². The zero-order valence-electron chi connectivity index (χ0n) is 9.98. The van der Waals surface area contributed by atoms with Crippen LogP contribution in [0.4, 0.5) is 0 Å². The highest BCUT2D eigenvalue weighted by Gasteiger charge is 2.07. The molecule has 0 atom stereocenters. The predicted octanol–water partition coefficient (Wildman–Crippen LogP) is 1.79. The molecule has 0 radical (unpaired) electrons. The molecule has 6 heteroatoms. The molecule has 2 aromatic rings. The summed E-state index contributed by atoms with van der Waals surface area (Å²) < 4.78 is 1.97. The summed E-state index contributed by atoms with van der Waals surface area (Å²) in [6.07, 6.45) is 0.107. The second-order valence-corrected chi connectivity index (χ2v) is 4.48. The molecule has 0 aliphatic heterocycles. The maximum absolute atomic E-state index is 10.4. The Morgan fingerprint density at radius 3 is 3.06 bits per heavy atom. The highest BCUT2D eigenvalue weighted by Crippen LogP contribution is 2.19. The fraction of sp³-hybridized carbons (Fsp3) is 0.333. The van der Waals surface area contributed by atoms with Gasteiger partial charge in [-0.15, -0.1) is 0 Å². The number of nitrogens with one attached hydrogen (secondary N) is 1. The Kier molecular flexibility index (Phi) is 3.84. The summed E-state index contributed by atoms with van der Waals surface area (Å²) >= 11 is 5.91. The molecule has 1 heterocycles. The summed E-state index contributed by atoms with van der Waals surface area (Å²) in [6, 6.07) is 5.57. The Morgan fingerprint density at radius 1 is 1.56 bits per heavy atom. The first-order valence-corrected chi connectivity index (χ1v) is 5.99. The number of nitrogens with zero attached hydrogens (tertiary/aromatic N) is 2. The van der Waals surface area contributed by atoms with E-state index in [-0.39, 0.29) is 6.42 Å². The lowest BCUT2D eigenvalue weighted by molar-refractivity contribution is -0.136. The van der Waals surface area contributed by atoms with Crippen LogP contribution in [0.5, 0.6) is 0 Å². The van der Waals surface area contributed by atoms with Crippen molar-refractivity contribution in [2.45, 2.75) is 13.0 Å². The van der Waals surface area contributed by atoms with E-state index in [1.165, 1.54) is 0 Å². The molecule has 0 saturated heterocycles. The molecule has 1 aromatic heterocycles. The van der Waals surface area contributed by atoms with E-state index in [1.54, 1.807) is 0 Å². The lowest BCUT2D eigenvalue weighted by atomic mass is 10.3. The van der Waals surface area contributed by atoms with Crippen molar-refractivity contribution in [3.8, 4) is 0 Å². The summed E-state index contributed by atoms with van der Waals surface area (Å²) in [5, 5.41) is 12.2. The lowest BCUT2D eigenvalue weighted by Crippen LogP contribution is -2.19. The van der Waals surface area contributed by atoms with Gasteiger partial charge in [0.15, 0.2) is 0 Å². The van der Waals surface area contributed by atoms with Crippen molar-refractivity contribution in [1.82, 2.24) is 14.9 Å². The van der Waals surface area contributed by atoms with Gasteiger partial charge in [-0.05, 0) is 18.2 Å². The third kappa shape index (κ3) is 2.80. The maximum atomic E-state index is 10.4. The van der Waals surface area contributed by atoms with Crippen LogP contribution in [0.3, 0.4) is 0 Å². The van der Waals surface area contributed by atoms with Crippen LogP contribution in [-0.4, -0.2) is 27.2 Å². The molecule has 0 spiro atoms. The van der Waals surface area contributed by atoms with E-state index in [1.807, 2.05) is 29.8 Å². The number of halogens is 1. The Balaban J connectivity index is 2.09. The largest absolute Gasteiger partial charge is 0.481 e. The molecule has 5 nitrogen and oxygen atoms in total. The van der Waals surface area contributed by atoms with Crippen LogP contribution in [0.2, 0.25) is 5.02 Å². The van der Waals surface area contributed by atoms with Gasteiger partial charge in [0.2, 0.25) is 0 Å². The third-order valence-corrected chi connectivity index (χ3v) is 2.97. The van der Waals surface area contributed by atoms with Gasteiger partial charge in [0.1, 0.15) is 5.82 Å². The number of carboxylic acids is 1. The van der Waals surface area contributed by atoms with Crippen LogP contribution in [0.15, 0.2) is 18.2 Å². The van der Waals surface area contributed by atoms with Crippen molar-refractivity contribution in [3.05, 3.63) is 29.0 Å². The Bertz CT molecular complexity index is 580. The van der Waals surface area contributed by atoms with Gasteiger partial charge in [-0.2, -0.15) is 0 Å². The minimum absolute atomic E-state index is 0.107. The van der Waals surface area contributed by atoms with Gasteiger partial charge in [-0.1, -0.05) is 11.6 Å². The van der Waals surface area contributed by atoms with Crippen molar-refractivity contribution >= 4 is 28.6 Å². The average molecular weight is 268 g/mol. The summed E-state index contributed by atoms with van der Waals surface area (Å²) in [4.78, 5) is 14.8. The summed E-state index contributed by atoms with van der Waals surface area (Å²) in [5.74, 6) is 0.0527. The van der Waals surface area contributed by atoms with Gasteiger partial charge in [0, 0.05) is 18.6 Å². The van der Waals surface area contributed by atoms with E-state index < -0.39 is 5.97 Å². The van der Waals surface area contributed by atoms with E-state index in [4.69, 9.17) is 16.7 Å². The van der Waals surface area contributed by atoms with E-state index >= 15 is 0 Å². The summed E-state index contributed by atoms with van der Waals surface area (Å²) in [6.45, 7) is 0.968. The van der Waals surface area contributed by atoms with Crippen LogP contribution in [-0.2, 0) is 18.4 Å². The first-order chi connectivity index (χ1) is 8.58. The number of carbonyl (C=O) groups is 1. The number of imidazole rings is 1. The van der Waals surface area contributed by atoms with E-state index in [0.29, 0.717) is 18.1 Å². The van der Waals surface area contributed by atoms with Crippen molar-refractivity contribution in [2.75, 3.05) is 6.54 Å². The molecular weight excluding hydrogens is 254 g/mol. The highest BCUT2D eigenvalue weighted by atomic mass is 35.5. The number of hydrogen-bond donors (Lipinski definition) is 2. The normalized spacial score (nSPS) is 11.0. The smallest absolute Gasteiger partial charge is 0.304 e. The molecule has 0 saturated carbocycles. The third-order valence-electron chi connectivity index (χ3n) is 2.73. The van der Waals surface area contributed by atoms with Gasteiger partial charge in [-0.3, -0.25) is 4.79 Å². The number of aliphatic carboxylic acids is 1. The van der Waals surface area contributed by atoms with Gasteiger partial charge < -0.3 is 15.0 Å². The minimum Gasteiger partial charge on any atom is -0.481 e. The molecule has 0 bridgehead atoms. The molecule has 96 valence electrons. The molecule has 0 unspecified atom stereocenters. The molecule has 2 N–H and O–H groups in total. The van der Waals surface area contributed by atoms with E-state index in [0.717, 1.165) is 16.9 Å². The van der Waals surface area contributed by atoms with E-state index in [9.17, 15) is 4.79 Å². The molecule has 18 heavy (non-hydrogen) atoms. The number of fused-ring (bicyclic) bond motifs is 1. The highest BCUT2D eigenvalue weighted by molar-refractivity contribution is 6.31. The molecule has 0 amide bonds. The van der Waals surface area contributed by atoms with Crippen molar-refractivity contribution in [3.63, 3.8) is 0 Å².